The van der Waals surface area contributed by atoms with Crippen LogP contribution in [0.2, 0.25) is 5.02 Å². The van der Waals surface area contributed by atoms with Crippen molar-refractivity contribution in [1.82, 2.24) is 10.2 Å². The van der Waals surface area contributed by atoms with Crippen LogP contribution in [0.15, 0.2) is 18.2 Å². The van der Waals surface area contributed by atoms with E-state index in [1.165, 1.54) is 29.5 Å². The number of halogens is 2. The zero-order chi connectivity index (χ0) is 11.5. The molecule has 0 spiro atoms. The van der Waals surface area contributed by atoms with E-state index in [4.69, 9.17) is 22.1 Å². The number of nitrogens with zero attached hydrogens (tertiary/aromatic N) is 2. The zero-order valence-corrected chi connectivity index (χ0v) is 9.56. The van der Waals surface area contributed by atoms with Crippen molar-refractivity contribution in [3.63, 3.8) is 0 Å². The van der Waals surface area contributed by atoms with Gasteiger partial charge in [-0.3, -0.25) is 0 Å². The number of ether oxygens (including phenoxy) is 1. The Labute approximate surface area is 99.8 Å². The summed E-state index contributed by atoms with van der Waals surface area (Å²) in [7, 11) is 0. The molecule has 2 rings (SSSR count). The van der Waals surface area contributed by atoms with Crippen molar-refractivity contribution in [1.29, 1.82) is 0 Å². The van der Waals surface area contributed by atoms with E-state index in [2.05, 4.69) is 10.2 Å². The molecule has 0 aliphatic heterocycles. The molecule has 0 saturated carbocycles. The summed E-state index contributed by atoms with van der Waals surface area (Å²) in [5.74, 6) is -0.00523. The third-order valence-corrected chi connectivity index (χ3v) is 2.75. The molecule has 0 amide bonds. The summed E-state index contributed by atoms with van der Waals surface area (Å²) < 4.78 is 18.2. The van der Waals surface area contributed by atoms with Gasteiger partial charge >= 0.3 is 0 Å². The molecule has 1 aromatic carbocycles. The Morgan fingerprint density at radius 3 is 2.88 bits per heavy atom. The molecule has 2 N–H and O–H groups in total. The first-order valence-electron chi connectivity index (χ1n) is 4.31. The molecule has 1 aromatic heterocycles. The first-order chi connectivity index (χ1) is 7.65. The molecule has 4 nitrogen and oxygen atoms in total. The molecule has 84 valence electrons. The van der Waals surface area contributed by atoms with Crippen LogP contribution in [0, 0.1) is 5.82 Å². The van der Waals surface area contributed by atoms with Crippen molar-refractivity contribution < 1.29 is 9.13 Å². The summed E-state index contributed by atoms with van der Waals surface area (Å²) in [5, 5.41) is 8.48. The van der Waals surface area contributed by atoms with Gasteiger partial charge in [0.2, 0.25) is 5.13 Å². The van der Waals surface area contributed by atoms with Crippen molar-refractivity contribution in [3.05, 3.63) is 34.0 Å². The lowest BCUT2D eigenvalue weighted by Crippen LogP contribution is -1.95. The highest BCUT2D eigenvalue weighted by molar-refractivity contribution is 7.15. The second-order valence-corrected chi connectivity index (χ2v) is 4.40. The summed E-state index contributed by atoms with van der Waals surface area (Å²) in [6, 6.07) is 4.14. The summed E-state index contributed by atoms with van der Waals surface area (Å²) in [6.45, 7) is 0.233. The fourth-order valence-electron chi connectivity index (χ4n) is 1.04. The first kappa shape index (κ1) is 11.1. The van der Waals surface area contributed by atoms with E-state index in [0.717, 1.165) is 0 Å². The molecule has 0 bridgehead atoms. The fourth-order valence-corrected chi connectivity index (χ4v) is 1.73. The maximum absolute atomic E-state index is 12.8. The lowest BCUT2D eigenvalue weighted by atomic mass is 10.3. The van der Waals surface area contributed by atoms with Crippen LogP contribution in [0.5, 0.6) is 5.75 Å². The quantitative estimate of drug-likeness (QED) is 0.920. The number of nitrogen functional groups attached to an aromatic ring is 1. The van der Waals surface area contributed by atoms with E-state index in [0.29, 0.717) is 15.9 Å². The first-order valence-corrected chi connectivity index (χ1v) is 5.50. The molecular weight excluding hydrogens is 253 g/mol. The summed E-state index contributed by atoms with van der Waals surface area (Å²) >= 11 is 6.84. The Morgan fingerprint density at radius 2 is 2.25 bits per heavy atom. The van der Waals surface area contributed by atoms with E-state index in [1.807, 2.05) is 0 Å². The lowest BCUT2D eigenvalue weighted by molar-refractivity contribution is 0.304. The summed E-state index contributed by atoms with van der Waals surface area (Å²) in [6.07, 6.45) is 0. The summed E-state index contributed by atoms with van der Waals surface area (Å²) in [4.78, 5) is 0. The molecule has 1 heterocycles. The number of rotatable bonds is 3. The van der Waals surface area contributed by atoms with Crippen molar-refractivity contribution in [3.8, 4) is 5.75 Å². The van der Waals surface area contributed by atoms with Crippen LogP contribution in [0.25, 0.3) is 0 Å². The van der Waals surface area contributed by atoms with Crippen LogP contribution in [0.1, 0.15) is 5.01 Å². The van der Waals surface area contributed by atoms with Crippen molar-refractivity contribution in [2.75, 3.05) is 5.73 Å². The minimum atomic E-state index is -0.478. The third-order valence-electron chi connectivity index (χ3n) is 1.74. The van der Waals surface area contributed by atoms with Crippen LogP contribution < -0.4 is 10.5 Å². The highest BCUT2D eigenvalue weighted by Gasteiger charge is 2.04. The van der Waals surface area contributed by atoms with Crippen LogP contribution in [0.4, 0.5) is 9.52 Å². The minimum Gasteiger partial charge on any atom is -0.486 e. The smallest absolute Gasteiger partial charge is 0.203 e. The molecule has 0 unspecified atom stereocenters. The normalized spacial score (nSPS) is 10.4. The number of anilines is 1. The predicted molar refractivity (Wildman–Crippen MR) is 60.1 cm³/mol. The molecule has 0 aliphatic carbocycles. The molecule has 16 heavy (non-hydrogen) atoms. The van der Waals surface area contributed by atoms with E-state index in [1.54, 1.807) is 0 Å². The van der Waals surface area contributed by atoms with Crippen LogP contribution in [-0.2, 0) is 6.61 Å². The highest BCUT2D eigenvalue weighted by Crippen LogP contribution is 2.22. The van der Waals surface area contributed by atoms with E-state index in [-0.39, 0.29) is 11.6 Å². The fraction of sp³-hybridized carbons (Fsp3) is 0.111. The molecule has 0 aliphatic rings. The second-order valence-electron chi connectivity index (χ2n) is 2.90. The Morgan fingerprint density at radius 1 is 1.44 bits per heavy atom. The van der Waals surface area contributed by atoms with Gasteiger partial charge in [0.25, 0.3) is 0 Å². The number of aromatic nitrogens is 2. The van der Waals surface area contributed by atoms with Crippen molar-refractivity contribution in [2.45, 2.75) is 6.61 Å². The average Bonchev–Trinajstić information content (AvgIpc) is 2.66. The monoisotopic (exact) mass is 259 g/mol. The number of nitrogens with two attached hydrogens (primary N) is 1. The predicted octanol–water partition coefficient (Wildman–Crippen LogP) is 2.49. The third kappa shape index (κ3) is 2.59. The molecule has 0 atom stereocenters. The molecule has 2 aromatic rings. The van der Waals surface area contributed by atoms with Gasteiger partial charge < -0.3 is 10.5 Å². The molecule has 7 heteroatoms. The average molecular weight is 260 g/mol. The largest absolute Gasteiger partial charge is 0.486 e. The standard InChI is InChI=1S/C9H7ClFN3OS/c10-6-3-5(1-2-7(6)11)15-4-8-13-14-9(12)16-8/h1-3H,4H2,(H2,12,14). The van der Waals surface area contributed by atoms with Crippen LogP contribution in [0.3, 0.4) is 0 Å². The topological polar surface area (TPSA) is 61.0 Å². The van der Waals surface area contributed by atoms with Crippen LogP contribution in [-0.4, -0.2) is 10.2 Å². The number of benzene rings is 1. The van der Waals surface area contributed by atoms with Gasteiger partial charge in [-0.05, 0) is 12.1 Å². The maximum Gasteiger partial charge on any atom is 0.203 e. The van der Waals surface area contributed by atoms with Gasteiger partial charge in [-0.15, -0.1) is 10.2 Å². The van der Waals surface area contributed by atoms with E-state index in [9.17, 15) is 4.39 Å². The second kappa shape index (κ2) is 4.63. The van der Waals surface area contributed by atoms with Gasteiger partial charge in [0, 0.05) is 6.07 Å². The van der Waals surface area contributed by atoms with Crippen molar-refractivity contribution in [2.24, 2.45) is 0 Å². The van der Waals surface area contributed by atoms with Crippen LogP contribution >= 0.6 is 22.9 Å². The molecule has 0 radical (unpaired) electrons. The van der Waals surface area contributed by atoms with Gasteiger partial charge in [0.15, 0.2) is 5.01 Å². The Bertz CT molecular complexity index is 505. The highest BCUT2D eigenvalue weighted by atomic mass is 35.5. The molecule has 0 fully saturated rings. The van der Waals surface area contributed by atoms with Gasteiger partial charge in [-0.25, -0.2) is 4.39 Å². The maximum atomic E-state index is 12.8. The zero-order valence-electron chi connectivity index (χ0n) is 7.98. The van der Waals surface area contributed by atoms with Gasteiger partial charge in [-0.2, -0.15) is 0 Å². The lowest BCUT2D eigenvalue weighted by Gasteiger charge is -2.03. The number of hydrogen-bond acceptors (Lipinski definition) is 5. The van der Waals surface area contributed by atoms with E-state index < -0.39 is 5.82 Å². The van der Waals surface area contributed by atoms with E-state index >= 15 is 0 Å². The Kier molecular flexibility index (Phi) is 3.21. The van der Waals surface area contributed by atoms with Crippen molar-refractivity contribution >= 4 is 28.1 Å². The summed E-state index contributed by atoms with van der Waals surface area (Å²) in [5.41, 5.74) is 5.41. The van der Waals surface area contributed by atoms with Gasteiger partial charge in [-0.1, -0.05) is 22.9 Å². The number of hydrogen-bond donors (Lipinski definition) is 1. The SMILES string of the molecule is Nc1nnc(COc2ccc(F)c(Cl)c2)s1. The van der Waals surface area contributed by atoms with Gasteiger partial charge in [0.1, 0.15) is 18.2 Å². The molecular formula is C9H7ClFN3OS. The minimum absolute atomic E-state index is 0.0225. The molecule has 0 saturated heterocycles. The Balaban J connectivity index is 2.02. The Hall–Kier alpha value is -1.40. The van der Waals surface area contributed by atoms with Gasteiger partial charge in [0.05, 0.1) is 5.02 Å².